The number of hydrogen-bond acceptors (Lipinski definition) is 18. The van der Waals surface area contributed by atoms with Crippen molar-refractivity contribution < 1.29 is 89.7 Å². The topological polar surface area (TPSA) is 300 Å². The first-order valence-electron chi connectivity index (χ1n) is 40.6. The molecule has 4 aliphatic rings. The molecule has 0 atom stereocenters. The number of allylic oxidation sites excluding steroid dienone is 8. The van der Waals surface area contributed by atoms with Crippen molar-refractivity contribution in [1.82, 2.24) is 31.2 Å². The molecule has 126 heavy (non-hydrogen) atoms. The summed E-state index contributed by atoms with van der Waals surface area (Å²) in [4.78, 5) is 55.6. The van der Waals surface area contributed by atoms with Crippen LogP contribution < -0.4 is 54.4 Å². The highest BCUT2D eigenvalue weighted by Crippen LogP contribution is 2.50. The average molecular weight is 1710 g/mol. The summed E-state index contributed by atoms with van der Waals surface area (Å²) < 4.78 is 81.4. The van der Waals surface area contributed by atoms with E-state index in [-0.39, 0.29) is 85.6 Å². The maximum Gasteiger partial charge on any atom is 0.224 e. The molecule has 0 bridgehead atoms. The maximum absolute atomic E-state index is 14.2. The van der Waals surface area contributed by atoms with E-state index in [1.807, 2.05) is 162 Å². The summed E-state index contributed by atoms with van der Waals surface area (Å²) in [6, 6.07) is 48.2. The van der Waals surface area contributed by atoms with Gasteiger partial charge in [0, 0.05) is 25.0 Å². The number of methoxy groups -OCH3 is 7. The number of carbonyl (C=O) groups is 4. The Labute approximate surface area is 730 Å². The van der Waals surface area contributed by atoms with E-state index in [1.54, 1.807) is 87.6 Å². The summed E-state index contributed by atoms with van der Waals surface area (Å²) in [5.41, 5.74) is 22.4. The Bertz CT molecular complexity index is 6030. The number of aromatic nitrogens is 1. The number of aromatic amines is 1. The number of aliphatic hydroxyl groups is 1. The molecule has 8 N–H and O–H groups in total. The minimum atomic E-state index is -0.364. The summed E-state index contributed by atoms with van der Waals surface area (Å²) in [7, 11) is 14.7. The number of carbonyl (C=O) groups excluding carboxylic acids is 4. The number of amides is 4. The normalized spacial score (nSPS) is 14.1. The third kappa shape index (κ3) is 21.7. The van der Waals surface area contributed by atoms with Gasteiger partial charge in [-0.2, -0.15) is 0 Å². The molecule has 0 radical (unpaired) electrons. The Balaban J connectivity index is 0.000000154. The fraction of sp³-hybridized carbons (Fsp3) is 0.228. The molecule has 0 fully saturated rings. The third-order valence-corrected chi connectivity index (χ3v) is 22.0. The fourth-order valence-corrected chi connectivity index (χ4v) is 15.4. The van der Waals surface area contributed by atoms with Crippen molar-refractivity contribution in [3.63, 3.8) is 0 Å². The number of nitrogens with one attached hydrogen (secondary N) is 5. The highest BCUT2D eigenvalue weighted by Gasteiger charge is 2.32. The van der Waals surface area contributed by atoms with Crippen LogP contribution in [0.5, 0.6) is 51.7 Å². The Morgan fingerprint density at radius 3 is 1.21 bits per heavy atom. The Kier molecular flexibility index (Phi) is 30.2. The first kappa shape index (κ1) is 90.7. The van der Waals surface area contributed by atoms with Crippen molar-refractivity contribution >= 4 is 92.5 Å². The fourth-order valence-electron chi connectivity index (χ4n) is 15.4. The van der Waals surface area contributed by atoms with E-state index in [0.717, 1.165) is 152 Å². The minimum absolute atomic E-state index is 0.0459. The summed E-state index contributed by atoms with van der Waals surface area (Å²) in [6.07, 6.45) is 15.3. The highest BCUT2D eigenvalue weighted by molar-refractivity contribution is 6.12. The van der Waals surface area contributed by atoms with Crippen LogP contribution >= 0.6 is 0 Å². The zero-order valence-electron chi connectivity index (χ0n) is 72.5. The highest BCUT2D eigenvalue weighted by atomic mass is 19.1. The number of benzene rings is 7. The number of aromatic hydroxyl groups is 2. The van der Waals surface area contributed by atoms with Crippen molar-refractivity contribution in [1.29, 1.82) is 0 Å². The molecule has 652 valence electrons. The zero-order chi connectivity index (χ0) is 89.8. The molecular formula is C101H102F2N6O17. The van der Waals surface area contributed by atoms with Crippen LogP contribution in [-0.2, 0) is 45.4 Å². The lowest BCUT2D eigenvalue weighted by Crippen LogP contribution is -2.31. The monoisotopic (exact) mass is 1710 g/mol. The van der Waals surface area contributed by atoms with Crippen LogP contribution in [0, 0.1) is 11.6 Å². The SMILES string of the molecule is CC1=C(CC(=O)NCCN(C)C)c2cc(F)ccc2/C1=C\c1ccco1.COc1cc(/C=C2/C(C)=C(CC(=O)NCc3ccco3)c3cc(F)ccc32)cc(OC)c1CO.COc1ccc2c(c1)C(CC(=O)NCc1ccc[nH]1)=C(C)/C2=C/c1cc(OC)c(O)c(OC)c1.COc1ccc2c(c1)C(CC(=O)NCc1ccco1)=C(C)/C2=C/c1ccc(OC)c(O)c1. The number of phenolic OH excluding ortho intramolecular Hbond substituents is 2. The van der Waals surface area contributed by atoms with Crippen LogP contribution in [0.15, 0.2) is 224 Å². The van der Waals surface area contributed by atoms with Gasteiger partial charge in [0.15, 0.2) is 23.0 Å². The first-order chi connectivity index (χ1) is 60.8. The lowest BCUT2D eigenvalue weighted by molar-refractivity contribution is -0.121. The maximum atomic E-state index is 14.2. The lowest BCUT2D eigenvalue weighted by Gasteiger charge is -2.13. The standard InChI is InChI=1S/C27H26FNO5.C27H28N2O5.C26H25NO5.C21H23FN2O2/c1-16-21(9-17-10-25(32-2)24(15-30)26(11-17)33-3)20-7-6-18(28)12-23(20)22(16)13-27(31)29-14-19-5-4-8-34-19;1-16-21(10-17-11-24(33-3)27(31)25(12-17)34-4)20-8-7-19(32-2)13-23(20)22(16)14-26(30)29-15-18-6-5-9-28-18;1-16-21(11-17-6-9-25(31-3)24(28)12-17)20-8-7-18(30-2)13-23(20)22(16)14-26(29)27-15-19-5-4-10-32-19;1-14-18(12-16-5-4-10-26-16)17-7-6-15(22)11-20(17)19(14)13-21(25)23-8-9-24(2)3/h4-12,30H,13-15H2,1-3H3,(H,29,31);5-13,28,31H,14-15H2,1-4H3,(H,29,30);4-13,28H,14-15H2,1-3H3,(H,27,29);4-7,10-12H,8-9,13H2,1-3H3,(H,23,25)/b21-9-;21-10-;21-11-;18-12-. The van der Waals surface area contributed by atoms with Gasteiger partial charge in [0.25, 0.3) is 0 Å². The number of nitrogens with zero attached hydrogens (tertiary/aromatic N) is 1. The molecule has 0 saturated carbocycles. The molecule has 0 saturated heterocycles. The number of H-pyrrole nitrogens is 1. The predicted octanol–water partition coefficient (Wildman–Crippen LogP) is 18.6. The molecule has 4 aromatic heterocycles. The van der Waals surface area contributed by atoms with Gasteiger partial charge in [0.1, 0.15) is 51.9 Å². The predicted molar refractivity (Wildman–Crippen MR) is 484 cm³/mol. The second kappa shape index (κ2) is 42.0. The van der Waals surface area contributed by atoms with Gasteiger partial charge in [0.05, 0.1) is 126 Å². The van der Waals surface area contributed by atoms with Gasteiger partial charge < -0.3 is 92.9 Å². The molecule has 0 aliphatic heterocycles. The number of likely N-dealkylation sites (N-methyl/N-ethyl adjacent to an activating group) is 1. The molecular weight excluding hydrogens is 1610 g/mol. The molecule has 0 spiro atoms. The second-order valence-corrected chi connectivity index (χ2v) is 30.2. The zero-order valence-corrected chi connectivity index (χ0v) is 72.5. The van der Waals surface area contributed by atoms with Gasteiger partial charge in [-0.15, -0.1) is 0 Å². The van der Waals surface area contributed by atoms with Crippen LogP contribution in [0.3, 0.4) is 0 Å². The summed E-state index contributed by atoms with van der Waals surface area (Å²) >= 11 is 0. The third-order valence-electron chi connectivity index (χ3n) is 22.0. The van der Waals surface area contributed by atoms with E-state index in [0.29, 0.717) is 71.0 Å². The molecule has 0 unspecified atom stereocenters. The second-order valence-electron chi connectivity index (χ2n) is 30.2. The Hall–Kier alpha value is -14.6. The van der Waals surface area contributed by atoms with E-state index in [4.69, 9.17) is 46.4 Å². The molecule has 23 nitrogen and oxygen atoms in total. The summed E-state index contributed by atoms with van der Waals surface area (Å²) in [5, 5.41) is 41.8. The van der Waals surface area contributed by atoms with Crippen LogP contribution in [0.2, 0.25) is 0 Å². The number of halogens is 2. The van der Waals surface area contributed by atoms with Gasteiger partial charge in [-0.1, -0.05) is 30.3 Å². The van der Waals surface area contributed by atoms with E-state index in [2.05, 4.69) is 26.3 Å². The first-order valence-corrected chi connectivity index (χ1v) is 40.6. The molecule has 15 rings (SSSR count). The summed E-state index contributed by atoms with van der Waals surface area (Å²) in [5.74, 6) is 4.60. The number of aliphatic hydroxyl groups excluding tert-OH is 1. The quantitative estimate of drug-likeness (QED) is 0.0216. The molecule has 4 heterocycles. The molecule has 4 amide bonds. The van der Waals surface area contributed by atoms with E-state index < -0.39 is 0 Å². The minimum Gasteiger partial charge on any atom is -0.504 e. The van der Waals surface area contributed by atoms with Gasteiger partial charge in [-0.25, -0.2) is 8.78 Å². The van der Waals surface area contributed by atoms with Crippen molar-refractivity contribution in [2.75, 3.05) is 77.0 Å². The van der Waals surface area contributed by atoms with Crippen molar-refractivity contribution in [3.05, 3.63) is 312 Å². The van der Waals surface area contributed by atoms with Crippen LogP contribution in [0.4, 0.5) is 8.78 Å². The smallest absolute Gasteiger partial charge is 0.224 e. The van der Waals surface area contributed by atoms with Gasteiger partial charge in [-0.05, 0) is 328 Å². The number of ether oxygens (including phenoxy) is 7. The van der Waals surface area contributed by atoms with Crippen LogP contribution in [-0.4, -0.2) is 126 Å². The van der Waals surface area contributed by atoms with E-state index in [1.165, 1.54) is 59.8 Å². The largest absolute Gasteiger partial charge is 0.504 e. The number of rotatable bonds is 29. The molecule has 4 aliphatic carbocycles. The number of furan rings is 3. The van der Waals surface area contributed by atoms with Gasteiger partial charge in [-0.3, -0.25) is 19.2 Å². The molecule has 11 aromatic rings. The average Bonchev–Trinajstić information content (AvgIpc) is 1.62. The van der Waals surface area contributed by atoms with Crippen molar-refractivity contribution in [2.45, 2.75) is 79.6 Å². The molecule has 7 aromatic carbocycles. The van der Waals surface area contributed by atoms with Crippen molar-refractivity contribution in [3.8, 4) is 51.7 Å². The van der Waals surface area contributed by atoms with Crippen LogP contribution in [0.25, 0.3) is 68.9 Å². The summed E-state index contributed by atoms with van der Waals surface area (Å²) in [6.45, 7) is 10.1. The van der Waals surface area contributed by atoms with E-state index >= 15 is 0 Å². The van der Waals surface area contributed by atoms with Gasteiger partial charge >= 0.3 is 0 Å². The number of phenols is 2. The Morgan fingerprint density at radius 1 is 0.413 bits per heavy atom. The number of fused-ring (bicyclic) bond motifs is 4. The van der Waals surface area contributed by atoms with Gasteiger partial charge in [0.2, 0.25) is 29.4 Å². The van der Waals surface area contributed by atoms with Crippen LogP contribution in [0.1, 0.15) is 143 Å². The van der Waals surface area contributed by atoms with E-state index in [9.17, 15) is 43.3 Å². The van der Waals surface area contributed by atoms with Crippen molar-refractivity contribution in [2.24, 2.45) is 0 Å². The Morgan fingerprint density at radius 2 is 0.817 bits per heavy atom. The lowest BCUT2D eigenvalue weighted by atomic mass is 9.99. The molecule has 25 heteroatoms. The number of hydrogen-bond donors (Lipinski definition) is 8.